The molecule has 3 aromatic carbocycles. The summed E-state index contributed by atoms with van der Waals surface area (Å²) in [5.41, 5.74) is 3.88. The van der Waals surface area contributed by atoms with Gasteiger partial charge in [0.25, 0.3) is 5.56 Å². The third-order valence-electron chi connectivity index (χ3n) is 5.52. The minimum atomic E-state index is -0.727. The summed E-state index contributed by atoms with van der Waals surface area (Å²) in [5, 5.41) is 15.5. The van der Waals surface area contributed by atoms with E-state index in [0.29, 0.717) is 34.3 Å². The molecule has 0 aliphatic rings. The summed E-state index contributed by atoms with van der Waals surface area (Å²) in [5.74, 6) is -1.40. The minimum Gasteiger partial charge on any atom is -0.381 e. The van der Waals surface area contributed by atoms with Gasteiger partial charge in [-0.25, -0.2) is 18.3 Å². The van der Waals surface area contributed by atoms with Crippen LogP contribution in [0.5, 0.6) is 0 Å². The van der Waals surface area contributed by atoms with Gasteiger partial charge in [-0.3, -0.25) is 9.89 Å². The van der Waals surface area contributed by atoms with Crippen LogP contribution in [0.3, 0.4) is 0 Å². The summed E-state index contributed by atoms with van der Waals surface area (Å²) in [7, 11) is 0. The molecule has 5 aromatic rings. The van der Waals surface area contributed by atoms with E-state index in [1.807, 2.05) is 18.2 Å². The molecule has 2 heterocycles. The van der Waals surface area contributed by atoms with Crippen molar-refractivity contribution >= 4 is 22.2 Å². The lowest BCUT2D eigenvalue weighted by molar-refractivity contribution is 0.585. The second kappa shape index (κ2) is 7.88. The Balaban J connectivity index is 1.57. The van der Waals surface area contributed by atoms with Crippen molar-refractivity contribution in [2.45, 2.75) is 13.5 Å². The molecule has 8 heteroatoms. The summed E-state index contributed by atoms with van der Waals surface area (Å²) in [6.07, 6.45) is 0. The van der Waals surface area contributed by atoms with Crippen molar-refractivity contribution in [3.63, 3.8) is 0 Å². The maximum absolute atomic E-state index is 14.5. The lowest BCUT2D eigenvalue weighted by Crippen LogP contribution is -2.15. The van der Waals surface area contributed by atoms with Crippen LogP contribution in [0.25, 0.3) is 27.7 Å². The molecule has 2 N–H and O–H groups in total. The van der Waals surface area contributed by atoms with E-state index in [1.54, 1.807) is 31.2 Å². The van der Waals surface area contributed by atoms with Gasteiger partial charge >= 0.3 is 0 Å². The Morgan fingerprint density at radius 2 is 1.88 bits per heavy atom. The smallest absolute Gasteiger partial charge is 0.280 e. The molecule has 0 aliphatic heterocycles. The number of nitrogens with one attached hydrogen (secondary N) is 2. The zero-order valence-corrected chi connectivity index (χ0v) is 17.5. The Morgan fingerprint density at radius 1 is 1.09 bits per heavy atom. The van der Waals surface area contributed by atoms with E-state index in [4.69, 9.17) is 5.26 Å². The topological polar surface area (TPSA) is 86.0 Å². The molecule has 0 atom stereocenters. The quantitative estimate of drug-likeness (QED) is 0.415. The Morgan fingerprint density at radius 3 is 2.61 bits per heavy atom. The summed E-state index contributed by atoms with van der Waals surface area (Å²) in [4.78, 5) is 17.7. The van der Waals surface area contributed by atoms with Gasteiger partial charge in [0.1, 0.15) is 11.6 Å². The summed E-state index contributed by atoms with van der Waals surface area (Å²) in [6, 6.07) is 17.9. The molecule has 0 spiro atoms. The normalized spacial score (nSPS) is 11.1. The van der Waals surface area contributed by atoms with Gasteiger partial charge in [0.15, 0.2) is 5.65 Å². The molecule has 0 radical (unpaired) electrons. The number of benzene rings is 3. The van der Waals surface area contributed by atoms with E-state index in [2.05, 4.69) is 21.5 Å². The van der Waals surface area contributed by atoms with Crippen LogP contribution in [0.15, 0.2) is 65.5 Å². The molecule has 2 aromatic heterocycles. The zero-order chi connectivity index (χ0) is 23.1. The number of rotatable bonds is 4. The van der Waals surface area contributed by atoms with Gasteiger partial charge in [-0.05, 0) is 61.0 Å². The second-order valence-corrected chi connectivity index (χ2v) is 7.71. The monoisotopic (exact) mass is 441 g/mol. The number of H-pyrrole nitrogens is 1. The van der Waals surface area contributed by atoms with Gasteiger partial charge in [-0.2, -0.15) is 5.26 Å². The molecule has 33 heavy (non-hydrogen) atoms. The molecule has 0 amide bonds. The standard InChI is InChI=1S/C25H17F2N5O/c1-14-23(19-9-5-17(26)11-21(19)27)24-30-22-10-16(4-8-20(22)25(33)32(24)31-14)13-29-18-6-2-15(12-28)3-7-18/h2-11,29,31H,13H2,1H3. The van der Waals surface area contributed by atoms with E-state index < -0.39 is 11.6 Å². The Labute approximate surface area is 186 Å². The number of hydrogen-bond acceptors (Lipinski definition) is 4. The lowest BCUT2D eigenvalue weighted by Gasteiger charge is -2.08. The van der Waals surface area contributed by atoms with Crippen molar-refractivity contribution in [2.75, 3.05) is 5.32 Å². The maximum atomic E-state index is 14.5. The first-order valence-electron chi connectivity index (χ1n) is 10.2. The van der Waals surface area contributed by atoms with Crippen molar-refractivity contribution in [1.29, 1.82) is 5.26 Å². The van der Waals surface area contributed by atoms with Crippen LogP contribution in [0.2, 0.25) is 0 Å². The van der Waals surface area contributed by atoms with Crippen molar-refractivity contribution in [2.24, 2.45) is 0 Å². The van der Waals surface area contributed by atoms with Gasteiger partial charge in [0.2, 0.25) is 0 Å². The number of aryl methyl sites for hydroxylation is 1. The average molecular weight is 441 g/mol. The van der Waals surface area contributed by atoms with E-state index in [0.717, 1.165) is 17.3 Å². The number of fused-ring (bicyclic) bond motifs is 2. The SMILES string of the molecule is Cc1[nH]n2c(=O)c3ccc(CNc4ccc(C#N)cc4)cc3nc2c1-c1ccc(F)cc1F. The zero-order valence-electron chi connectivity index (χ0n) is 17.5. The van der Waals surface area contributed by atoms with Gasteiger partial charge in [0.05, 0.1) is 22.5 Å². The van der Waals surface area contributed by atoms with Crippen LogP contribution in [0.1, 0.15) is 16.8 Å². The number of hydrogen-bond donors (Lipinski definition) is 2. The van der Waals surface area contributed by atoms with Crippen LogP contribution in [-0.4, -0.2) is 14.6 Å². The number of aromatic nitrogens is 3. The minimum absolute atomic E-state index is 0.164. The first-order valence-corrected chi connectivity index (χ1v) is 10.2. The first-order chi connectivity index (χ1) is 15.9. The molecule has 0 aliphatic carbocycles. The van der Waals surface area contributed by atoms with Crippen LogP contribution in [-0.2, 0) is 6.54 Å². The molecule has 0 unspecified atom stereocenters. The van der Waals surface area contributed by atoms with E-state index in [9.17, 15) is 13.6 Å². The number of nitriles is 1. The van der Waals surface area contributed by atoms with Gasteiger partial charge in [-0.15, -0.1) is 0 Å². The number of halogens is 2. The van der Waals surface area contributed by atoms with Crippen molar-refractivity contribution in [3.05, 3.63) is 99.5 Å². The predicted octanol–water partition coefficient (Wildman–Crippen LogP) is 4.91. The van der Waals surface area contributed by atoms with Crippen LogP contribution in [0, 0.1) is 29.9 Å². The molecular formula is C25H17F2N5O. The van der Waals surface area contributed by atoms with Crippen LogP contribution >= 0.6 is 0 Å². The molecule has 0 bridgehead atoms. The van der Waals surface area contributed by atoms with E-state index >= 15 is 0 Å². The highest BCUT2D eigenvalue weighted by atomic mass is 19.1. The first kappa shape index (κ1) is 20.4. The van der Waals surface area contributed by atoms with Gasteiger partial charge in [-0.1, -0.05) is 6.07 Å². The van der Waals surface area contributed by atoms with Gasteiger partial charge in [0, 0.05) is 35.1 Å². The molecule has 0 fully saturated rings. The fourth-order valence-electron chi connectivity index (χ4n) is 3.89. The average Bonchev–Trinajstić information content (AvgIpc) is 3.14. The highest BCUT2D eigenvalue weighted by Gasteiger charge is 2.19. The van der Waals surface area contributed by atoms with E-state index in [-0.39, 0.29) is 16.8 Å². The van der Waals surface area contributed by atoms with E-state index in [1.165, 1.54) is 16.6 Å². The van der Waals surface area contributed by atoms with Crippen molar-refractivity contribution in [1.82, 2.24) is 14.6 Å². The predicted molar refractivity (Wildman–Crippen MR) is 122 cm³/mol. The van der Waals surface area contributed by atoms with Gasteiger partial charge < -0.3 is 5.32 Å². The summed E-state index contributed by atoms with van der Waals surface area (Å²) >= 11 is 0. The van der Waals surface area contributed by atoms with Crippen LogP contribution < -0.4 is 10.9 Å². The molecular weight excluding hydrogens is 424 g/mol. The molecule has 0 saturated heterocycles. The third kappa shape index (κ3) is 3.59. The number of anilines is 1. The van der Waals surface area contributed by atoms with Crippen molar-refractivity contribution < 1.29 is 8.78 Å². The maximum Gasteiger partial charge on any atom is 0.280 e. The van der Waals surface area contributed by atoms with Crippen LogP contribution in [0.4, 0.5) is 14.5 Å². The fourth-order valence-corrected chi connectivity index (χ4v) is 3.89. The Hall–Kier alpha value is -4.51. The summed E-state index contributed by atoms with van der Waals surface area (Å²) < 4.78 is 29.2. The lowest BCUT2D eigenvalue weighted by atomic mass is 10.1. The third-order valence-corrected chi connectivity index (χ3v) is 5.52. The second-order valence-electron chi connectivity index (χ2n) is 7.71. The molecule has 162 valence electrons. The Bertz CT molecular complexity index is 1630. The Kier molecular flexibility index (Phi) is 4.87. The largest absolute Gasteiger partial charge is 0.381 e. The molecule has 6 nitrogen and oxygen atoms in total. The highest BCUT2D eigenvalue weighted by Crippen LogP contribution is 2.30. The summed E-state index contributed by atoms with van der Waals surface area (Å²) in [6.45, 7) is 2.19. The molecule has 0 saturated carbocycles. The highest BCUT2D eigenvalue weighted by molar-refractivity contribution is 5.86. The fraction of sp³-hybridized carbons (Fsp3) is 0.0800. The number of aromatic amines is 1. The number of nitrogens with zero attached hydrogens (tertiary/aromatic N) is 3. The van der Waals surface area contributed by atoms with Crippen molar-refractivity contribution in [3.8, 4) is 17.2 Å². The molecule has 5 rings (SSSR count).